The van der Waals surface area contributed by atoms with Crippen LogP contribution in [0.2, 0.25) is 0 Å². The zero-order valence-electron chi connectivity index (χ0n) is 47.2. The Morgan fingerprint density at radius 1 is 0.348 bits per heavy atom. The average Bonchev–Trinajstić information content (AvgIpc) is 3.35. The van der Waals surface area contributed by atoms with E-state index in [1.165, 1.54) is 238 Å². The standard InChI is InChI=1S/C61H122N2O6/c1-6-11-16-19-24-29-38-49-63(50-39-30-37-48-62(51-53-64)52-54-65)59(44-33-25-20-22-27-35-46-60(66)68-55-57(40-14-9-4)42-31-17-12-7-2)45-34-26-21-23-28-36-47-61(67)69-56-58(41-15-10-5)43-32-18-13-8-3/h57-59,64-65H,6-56H2,1-5H3. The summed E-state index contributed by atoms with van der Waals surface area (Å²) in [5.41, 5.74) is 0. The van der Waals surface area contributed by atoms with E-state index in [1.54, 1.807) is 0 Å². The van der Waals surface area contributed by atoms with E-state index < -0.39 is 0 Å². The van der Waals surface area contributed by atoms with Gasteiger partial charge in [-0.2, -0.15) is 0 Å². The summed E-state index contributed by atoms with van der Waals surface area (Å²) in [7, 11) is 0. The Balaban J connectivity index is 5.15. The zero-order chi connectivity index (χ0) is 50.5. The molecule has 0 rings (SSSR count). The van der Waals surface area contributed by atoms with Crippen LogP contribution < -0.4 is 0 Å². The third kappa shape index (κ3) is 46.3. The number of hydrogen-bond acceptors (Lipinski definition) is 8. The molecule has 2 atom stereocenters. The number of aliphatic hydroxyl groups excluding tert-OH is 2. The first kappa shape index (κ1) is 67.8. The van der Waals surface area contributed by atoms with E-state index in [1.807, 2.05) is 0 Å². The molecule has 0 aromatic carbocycles. The molecule has 0 aliphatic rings. The van der Waals surface area contributed by atoms with Crippen molar-refractivity contribution in [2.24, 2.45) is 11.8 Å². The summed E-state index contributed by atoms with van der Waals surface area (Å²) in [5, 5.41) is 19.0. The van der Waals surface area contributed by atoms with E-state index in [0.717, 1.165) is 38.6 Å². The second kappa shape index (κ2) is 54.6. The van der Waals surface area contributed by atoms with Crippen LogP contribution in [0.25, 0.3) is 0 Å². The van der Waals surface area contributed by atoms with Crippen LogP contribution in [-0.4, -0.2) is 97.1 Å². The molecular weight excluding hydrogens is 857 g/mol. The number of aliphatic hydroxyl groups is 2. The lowest BCUT2D eigenvalue weighted by Gasteiger charge is -2.32. The van der Waals surface area contributed by atoms with Crippen molar-refractivity contribution >= 4 is 11.9 Å². The van der Waals surface area contributed by atoms with Crippen molar-refractivity contribution in [1.29, 1.82) is 0 Å². The van der Waals surface area contributed by atoms with Gasteiger partial charge >= 0.3 is 11.9 Å². The van der Waals surface area contributed by atoms with Crippen molar-refractivity contribution < 1.29 is 29.3 Å². The molecule has 0 bridgehead atoms. The van der Waals surface area contributed by atoms with Crippen LogP contribution in [0.5, 0.6) is 0 Å². The normalized spacial score (nSPS) is 13.1. The lowest BCUT2D eigenvalue weighted by Crippen LogP contribution is -2.37. The van der Waals surface area contributed by atoms with E-state index in [9.17, 15) is 19.8 Å². The lowest BCUT2D eigenvalue weighted by atomic mass is 9.96. The number of esters is 2. The summed E-state index contributed by atoms with van der Waals surface area (Å²) >= 11 is 0. The van der Waals surface area contributed by atoms with E-state index in [0.29, 0.717) is 57.0 Å². The second-order valence-corrected chi connectivity index (χ2v) is 21.6. The van der Waals surface area contributed by atoms with Crippen molar-refractivity contribution in [3.05, 3.63) is 0 Å². The fraction of sp³-hybridized carbons (Fsp3) is 0.967. The van der Waals surface area contributed by atoms with Gasteiger partial charge in [-0.25, -0.2) is 0 Å². The molecule has 0 aliphatic carbocycles. The summed E-state index contributed by atoms with van der Waals surface area (Å²) in [4.78, 5) is 30.4. The fourth-order valence-electron chi connectivity index (χ4n) is 10.3. The first-order valence-corrected chi connectivity index (χ1v) is 30.9. The molecule has 0 saturated carbocycles. The molecule has 0 heterocycles. The van der Waals surface area contributed by atoms with Gasteiger partial charge in [-0.3, -0.25) is 14.5 Å². The van der Waals surface area contributed by atoms with Gasteiger partial charge in [0.2, 0.25) is 0 Å². The fourth-order valence-corrected chi connectivity index (χ4v) is 10.3. The van der Waals surface area contributed by atoms with Crippen molar-refractivity contribution in [2.45, 2.75) is 310 Å². The van der Waals surface area contributed by atoms with Gasteiger partial charge in [-0.1, -0.05) is 221 Å². The van der Waals surface area contributed by atoms with E-state index in [-0.39, 0.29) is 25.2 Å². The lowest BCUT2D eigenvalue weighted by molar-refractivity contribution is -0.146. The molecule has 2 N–H and O–H groups in total. The number of carbonyl (C=O) groups excluding carboxylic acids is 2. The Morgan fingerprint density at radius 2 is 0.652 bits per heavy atom. The SMILES string of the molecule is CCCCCCCCCN(CCCCCN(CCO)CCO)C(CCCCCCCCC(=O)OCC(CCCC)CCCCCC)CCCCCCCCC(=O)OCC(CCCC)CCCCCC. The Morgan fingerprint density at radius 3 is 1.06 bits per heavy atom. The highest BCUT2D eigenvalue weighted by atomic mass is 16.5. The molecule has 0 fully saturated rings. The van der Waals surface area contributed by atoms with E-state index >= 15 is 0 Å². The minimum absolute atomic E-state index is 0.0103. The van der Waals surface area contributed by atoms with Crippen molar-refractivity contribution in [3.8, 4) is 0 Å². The summed E-state index contributed by atoms with van der Waals surface area (Å²) in [5.74, 6) is 1.08. The molecule has 8 heteroatoms. The highest BCUT2D eigenvalue weighted by Gasteiger charge is 2.19. The van der Waals surface area contributed by atoms with Crippen LogP contribution in [0.1, 0.15) is 304 Å². The number of carbonyl (C=O) groups is 2. The van der Waals surface area contributed by atoms with Crippen LogP contribution in [0.15, 0.2) is 0 Å². The summed E-state index contributed by atoms with van der Waals surface area (Å²) < 4.78 is 11.6. The third-order valence-electron chi connectivity index (χ3n) is 15.0. The van der Waals surface area contributed by atoms with Crippen molar-refractivity contribution in [2.75, 3.05) is 59.2 Å². The summed E-state index contributed by atoms with van der Waals surface area (Å²) in [6.07, 6.45) is 50.6. The predicted octanol–water partition coefficient (Wildman–Crippen LogP) is 16.7. The Hall–Kier alpha value is -1.22. The maximum atomic E-state index is 12.7. The number of hydrogen-bond donors (Lipinski definition) is 2. The Kier molecular flexibility index (Phi) is 53.6. The molecule has 412 valence electrons. The Labute approximate surface area is 430 Å². The zero-order valence-corrected chi connectivity index (χ0v) is 47.2. The molecule has 0 radical (unpaired) electrons. The molecule has 69 heavy (non-hydrogen) atoms. The van der Waals surface area contributed by atoms with Gasteiger partial charge in [-0.15, -0.1) is 0 Å². The molecular formula is C61H122N2O6. The third-order valence-corrected chi connectivity index (χ3v) is 15.0. The van der Waals surface area contributed by atoms with Crippen molar-refractivity contribution in [3.63, 3.8) is 0 Å². The molecule has 0 spiro atoms. The number of ether oxygens (including phenoxy) is 2. The molecule has 2 unspecified atom stereocenters. The minimum atomic E-state index is 0.0103. The molecule has 0 aromatic heterocycles. The van der Waals surface area contributed by atoms with Gasteiger partial charge in [0.1, 0.15) is 0 Å². The quantitative estimate of drug-likeness (QED) is 0.0459. The van der Waals surface area contributed by atoms with Crippen LogP contribution in [0.3, 0.4) is 0 Å². The first-order chi connectivity index (χ1) is 33.9. The van der Waals surface area contributed by atoms with Crippen LogP contribution in [0.4, 0.5) is 0 Å². The van der Waals surface area contributed by atoms with Crippen LogP contribution in [-0.2, 0) is 19.1 Å². The Bertz CT molecular complexity index is 984. The van der Waals surface area contributed by atoms with Gasteiger partial charge in [0.15, 0.2) is 0 Å². The maximum absolute atomic E-state index is 12.7. The highest BCUT2D eigenvalue weighted by molar-refractivity contribution is 5.69. The van der Waals surface area contributed by atoms with Crippen LogP contribution in [0, 0.1) is 11.8 Å². The maximum Gasteiger partial charge on any atom is 0.305 e. The van der Waals surface area contributed by atoms with Crippen molar-refractivity contribution in [1.82, 2.24) is 9.80 Å². The topological polar surface area (TPSA) is 99.5 Å². The van der Waals surface area contributed by atoms with Gasteiger partial charge in [0.25, 0.3) is 0 Å². The molecule has 8 nitrogen and oxygen atoms in total. The summed E-state index contributed by atoms with van der Waals surface area (Å²) in [6.45, 7) is 17.5. The number of unbranched alkanes of at least 4 members (excludes halogenated alkanes) is 26. The highest BCUT2D eigenvalue weighted by Crippen LogP contribution is 2.23. The molecule has 0 aromatic rings. The van der Waals surface area contributed by atoms with E-state index in [4.69, 9.17) is 9.47 Å². The van der Waals surface area contributed by atoms with E-state index in [2.05, 4.69) is 44.4 Å². The van der Waals surface area contributed by atoms with Crippen LogP contribution >= 0.6 is 0 Å². The number of nitrogens with zero attached hydrogens (tertiary/aromatic N) is 2. The smallest absolute Gasteiger partial charge is 0.305 e. The predicted molar refractivity (Wildman–Crippen MR) is 297 cm³/mol. The monoisotopic (exact) mass is 979 g/mol. The number of rotatable bonds is 57. The van der Waals surface area contributed by atoms with Gasteiger partial charge in [0, 0.05) is 32.0 Å². The van der Waals surface area contributed by atoms with Gasteiger partial charge in [0.05, 0.1) is 26.4 Å². The summed E-state index contributed by atoms with van der Waals surface area (Å²) in [6, 6.07) is 0.635. The molecule has 0 saturated heterocycles. The van der Waals surface area contributed by atoms with Gasteiger partial charge in [-0.05, 0) is 102 Å². The minimum Gasteiger partial charge on any atom is -0.465 e. The first-order valence-electron chi connectivity index (χ1n) is 30.9. The molecule has 0 aliphatic heterocycles. The largest absolute Gasteiger partial charge is 0.465 e. The second-order valence-electron chi connectivity index (χ2n) is 21.6. The average molecular weight is 980 g/mol. The molecule has 0 amide bonds. The van der Waals surface area contributed by atoms with Gasteiger partial charge < -0.3 is 24.6 Å².